The van der Waals surface area contributed by atoms with Crippen molar-refractivity contribution < 1.29 is 9.32 Å². The van der Waals surface area contributed by atoms with Crippen molar-refractivity contribution >= 4 is 10.8 Å². The molecule has 0 aromatic carbocycles. The SMILES string of the molecule is CCS(=O)CC(O)CN. The summed E-state index contributed by atoms with van der Waals surface area (Å²) in [6, 6.07) is 0. The van der Waals surface area contributed by atoms with Crippen LogP contribution in [0, 0.1) is 0 Å². The number of nitrogens with two attached hydrogens (primary N) is 1. The summed E-state index contributed by atoms with van der Waals surface area (Å²) < 4.78 is 10.7. The minimum Gasteiger partial charge on any atom is -0.391 e. The Morgan fingerprint density at radius 2 is 2.33 bits per heavy atom. The molecule has 0 radical (unpaired) electrons. The molecule has 0 fully saturated rings. The number of hydrogen-bond donors (Lipinski definition) is 2. The third-order valence-electron chi connectivity index (χ3n) is 0.972. The minimum absolute atomic E-state index is 0.200. The first-order chi connectivity index (χ1) is 4.20. The zero-order valence-electron chi connectivity index (χ0n) is 5.54. The quantitative estimate of drug-likeness (QED) is 0.546. The van der Waals surface area contributed by atoms with Crippen LogP contribution in [0.3, 0.4) is 0 Å². The Morgan fingerprint density at radius 3 is 2.67 bits per heavy atom. The van der Waals surface area contributed by atoms with Gasteiger partial charge >= 0.3 is 0 Å². The summed E-state index contributed by atoms with van der Waals surface area (Å²) in [5.74, 6) is 0.907. The first-order valence-electron chi connectivity index (χ1n) is 2.93. The van der Waals surface area contributed by atoms with E-state index < -0.39 is 16.9 Å². The Balaban J connectivity index is 3.34. The second-order valence-electron chi connectivity index (χ2n) is 1.78. The lowest BCUT2D eigenvalue weighted by Gasteiger charge is -2.04. The predicted molar refractivity (Wildman–Crippen MR) is 38.6 cm³/mol. The molecule has 2 unspecified atom stereocenters. The van der Waals surface area contributed by atoms with Gasteiger partial charge in [-0.1, -0.05) is 6.92 Å². The molecular weight excluding hydrogens is 138 g/mol. The summed E-state index contributed by atoms with van der Waals surface area (Å²) in [4.78, 5) is 0. The molecule has 0 aromatic heterocycles. The maximum Gasteiger partial charge on any atom is 0.0777 e. The van der Waals surface area contributed by atoms with Crippen LogP contribution in [0.15, 0.2) is 0 Å². The normalized spacial score (nSPS) is 17.2. The van der Waals surface area contributed by atoms with Gasteiger partial charge in [0.05, 0.1) is 11.9 Å². The lowest BCUT2D eigenvalue weighted by Crippen LogP contribution is -2.26. The summed E-state index contributed by atoms with van der Waals surface area (Å²) in [7, 11) is -0.887. The van der Waals surface area contributed by atoms with Crippen molar-refractivity contribution in [2.75, 3.05) is 18.1 Å². The average Bonchev–Trinajstić information content (AvgIpc) is 1.87. The molecule has 0 spiro atoms. The first-order valence-corrected chi connectivity index (χ1v) is 4.42. The third kappa shape index (κ3) is 4.57. The van der Waals surface area contributed by atoms with Gasteiger partial charge in [-0.2, -0.15) is 0 Å². The van der Waals surface area contributed by atoms with E-state index in [-0.39, 0.29) is 6.54 Å². The molecule has 0 bridgehead atoms. The molecule has 2 atom stereocenters. The van der Waals surface area contributed by atoms with Crippen molar-refractivity contribution in [3.63, 3.8) is 0 Å². The zero-order valence-corrected chi connectivity index (χ0v) is 6.36. The van der Waals surface area contributed by atoms with E-state index in [0.29, 0.717) is 11.5 Å². The summed E-state index contributed by atoms with van der Waals surface area (Å²) in [5.41, 5.74) is 5.09. The molecule has 0 amide bonds. The molecule has 56 valence electrons. The molecule has 0 aliphatic heterocycles. The van der Waals surface area contributed by atoms with E-state index in [2.05, 4.69) is 0 Å². The van der Waals surface area contributed by atoms with E-state index in [1.165, 1.54) is 0 Å². The Kier molecular flexibility index (Phi) is 4.94. The molecule has 0 saturated heterocycles. The van der Waals surface area contributed by atoms with Crippen LogP contribution in [0.25, 0.3) is 0 Å². The van der Waals surface area contributed by atoms with Crippen molar-refractivity contribution in [1.82, 2.24) is 0 Å². The molecule has 0 aromatic rings. The van der Waals surface area contributed by atoms with Gasteiger partial charge in [-0.25, -0.2) is 0 Å². The van der Waals surface area contributed by atoms with Crippen LogP contribution >= 0.6 is 0 Å². The van der Waals surface area contributed by atoms with Crippen LogP contribution in [-0.2, 0) is 10.8 Å². The zero-order chi connectivity index (χ0) is 7.28. The van der Waals surface area contributed by atoms with Crippen LogP contribution in [0.5, 0.6) is 0 Å². The smallest absolute Gasteiger partial charge is 0.0777 e. The largest absolute Gasteiger partial charge is 0.391 e. The molecule has 0 heterocycles. The second-order valence-corrected chi connectivity index (χ2v) is 3.58. The number of rotatable bonds is 4. The highest BCUT2D eigenvalue weighted by molar-refractivity contribution is 7.84. The maximum atomic E-state index is 10.7. The summed E-state index contributed by atoms with van der Waals surface area (Å²) in [5, 5.41) is 8.84. The monoisotopic (exact) mass is 151 g/mol. The Labute approximate surface area is 57.7 Å². The molecule has 0 rings (SSSR count). The number of hydrogen-bond acceptors (Lipinski definition) is 3. The van der Waals surface area contributed by atoms with Gasteiger partial charge in [0.25, 0.3) is 0 Å². The average molecular weight is 151 g/mol. The molecule has 3 nitrogen and oxygen atoms in total. The van der Waals surface area contributed by atoms with Gasteiger partial charge in [-0.15, -0.1) is 0 Å². The number of aliphatic hydroxyl groups excluding tert-OH is 1. The van der Waals surface area contributed by atoms with Crippen LogP contribution in [0.2, 0.25) is 0 Å². The standard InChI is InChI=1S/C5H13NO2S/c1-2-9(8)4-5(7)3-6/h5,7H,2-4,6H2,1H3. The van der Waals surface area contributed by atoms with E-state index >= 15 is 0 Å². The second kappa shape index (κ2) is 4.90. The lowest BCUT2D eigenvalue weighted by atomic mass is 10.4. The summed E-state index contributed by atoms with van der Waals surface area (Å²) in [6.07, 6.45) is -0.592. The number of aliphatic hydroxyl groups is 1. The summed E-state index contributed by atoms with van der Waals surface area (Å²) >= 11 is 0. The fourth-order valence-electron chi connectivity index (χ4n) is 0.400. The molecule has 0 saturated carbocycles. The van der Waals surface area contributed by atoms with Gasteiger partial charge in [0, 0.05) is 23.1 Å². The highest BCUT2D eigenvalue weighted by Crippen LogP contribution is 1.86. The molecule has 0 aliphatic rings. The van der Waals surface area contributed by atoms with E-state index in [1.54, 1.807) is 0 Å². The van der Waals surface area contributed by atoms with Crippen LogP contribution in [0.1, 0.15) is 6.92 Å². The van der Waals surface area contributed by atoms with Crippen LogP contribution < -0.4 is 5.73 Å². The van der Waals surface area contributed by atoms with Gasteiger partial charge < -0.3 is 10.8 Å². The van der Waals surface area contributed by atoms with Gasteiger partial charge in [0.2, 0.25) is 0 Å². The topological polar surface area (TPSA) is 63.3 Å². The van der Waals surface area contributed by atoms with E-state index in [9.17, 15) is 4.21 Å². The van der Waals surface area contributed by atoms with E-state index in [0.717, 1.165) is 0 Å². The van der Waals surface area contributed by atoms with Gasteiger partial charge in [-0.05, 0) is 0 Å². The Morgan fingerprint density at radius 1 is 1.78 bits per heavy atom. The minimum atomic E-state index is -0.887. The maximum absolute atomic E-state index is 10.7. The summed E-state index contributed by atoms with van der Waals surface area (Å²) in [6.45, 7) is 2.02. The van der Waals surface area contributed by atoms with Crippen molar-refractivity contribution in [2.45, 2.75) is 13.0 Å². The molecule has 9 heavy (non-hydrogen) atoms. The lowest BCUT2D eigenvalue weighted by molar-refractivity contribution is 0.207. The van der Waals surface area contributed by atoms with Gasteiger partial charge in [-0.3, -0.25) is 4.21 Å². The van der Waals surface area contributed by atoms with Crippen molar-refractivity contribution in [2.24, 2.45) is 5.73 Å². The van der Waals surface area contributed by atoms with Crippen molar-refractivity contribution in [3.05, 3.63) is 0 Å². The van der Waals surface area contributed by atoms with Crippen LogP contribution in [0.4, 0.5) is 0 Å². The molecule has 0 aliphatic carbocycles. The fourth-order valence-corrected chi connectivity index (χ4v) is 1.20. The first kappa shape index (κ1) is 9.07. The van der Waals surface area contributed by atoms with Gasteiger partial charge in [0.15, 0.2) is 0 Å². The van der Waals surface area contributed by atoms with E-state index in [4.69, 9.17) is 10.8 Å². The highest BCUT2D eigenvalue weighted by atomic mass is 32.2. The fraction of sp³-hybridized carbons (Fsp3) is 1.00. The van der Waals surface area contributed by atoms with Crippen molar-refractivity contribution in [3.8, 4) is 0 Å². The van der Waals surface area contributed by atoms with Crippen molar-refractivity contribution in [1.29, 1.82) is 0 Å². The third-order valence-corrected chi connectivity index (χ3v) is 2.37. The van der Waals surface area contributed by atoms with Crippen LogP contribution in [-0.4, -0.2) is 33.5 Å². The predicted octanol–water partition coefficient (Wildman–Crippen LogP) is -0.925. The Hall–Kier alpha value is 0.0700. The van der Waals surface area contributed by atoms with Gasteiger partial charge in [0.1, 0.15) is 0 Å². The molecular formula is C5H13NO2S. The Bertz CT molecular complexity index is 97.0. The van der Waals surface area contributed by atoms with E-state index in [1.807, 2.05) is 6.92 Å². The highest BCUT2D eigenvalue weighted by Gasteiger charge is 2.03. The molecule has 4 heteroatoms. The molecule has 3 N–H and O–H groups in total.